The van der Waals surface area contributed by atoms with Gasteiger partial charge in [-0.25, -0.2) is 0 Å². The van der Waals surface area contributed by atoms with Crippen molar-refractivity contribution in [3.05, 3.63) is 29.8 Å². The van der Waals surface area contributed by atoms with E-state index in [1.54, 1.807) is 0 Å². The molecule has 21 heavy (non-hydrogen) atoms. The predicted molar refractivity (Wildman–Crippen MR) is 91.1 cm³/mol. The fourth-order valence-corrected chi connectivity index (χ4v) is 2.87. The molecule has 0 aromatic heterocycles. The van der Waals surface area contributed by atoms with Gasteiger partial charge in [-0.05, 0) is 43.4 Å². The van der Waals surface area contributed by atoms with Crippen molar-refractivity contribution < 1.29 is 4.74 Å². The summed E-state index contributed by atoms with van der Waals surface area (Å²) in [5.74, 6) is 0.963. The Morgan fingerprint density at radius 1 is 1.38 bits per heavy atom. The molecule has 0 spiro atoms. The number of nitrogens with zero attached hydrogens (tertiary/aromatic N) is 1. The molecule has 0 aliphatic carbocycles. The summed E-state index contributed by atoms with van der Waals surface area (Å²) in [6.45, 7) is 11.8. The Morgan fingerprint density at radius 2 is 2.10 bits per heavy atom. The van der Waals surface area contributed by atoms with E-state index in [1.165, 1.54) is 5.56 Å². The number of hydrogen-bond donors (Lipinski definition) is 1. The van der Waals surface area contributed by atoms with Crippen LogP contribution in [0.3, 0.4) is 0 Å². The molecular weight excluding hydrogens is 284 g/mol. The summed E-state index contributed by atoms with van der Waals surface area (Å²) in [6, 6.07) is 8.75. The molecule has 1 aromatic rings. The van der Waals surface area contributed by atoms with Crippen LogP contribution in [0.2, 0.25) is 0 Å². The third kappa shape index (κ3) is 5.17. The number of piperidine rings is 1. The molecular formula is C17H29ClN2O. The van der Waals surface area contributed by atoms with E-state index >= 15 is 0 Å². The quantitative estimate of drug-likeness (QED) is 0.925. The molecule has 1 unspecified atom stereocenters. The Labute approximate surface area is 135 Å². The molecule has 1 aliphatic heterocycles. The van der Waals surface area contributed by atoms with Gasteiger partial charge in [-0.3, -0.25) is 4.90 Å². The molecule has 0 radical (unpaired) electrons. The lowest BCUT2D eigenvalue weighted by Gasteiger charge is -2.42. The minimum atomic E-state index is 0. The molecule has 2 N–H and O–H groups in total. The summed E-state index contributed by atoms with van der Waals surface area (Å²) in [5.41, 5.74) is 7.71. The van der Waals surface area contributed by atoms with Crippen molar-refractivity contribution in [3.8, 4) is 5.75 Å². The van der Waals surface area contributed by atoms with Crippen molar-refractivity contribution in [1.82, 2.24) is 4.90 Å². The Hall–Kier alpha value is -0.770. The van der Waals surface area contributed by atoms with Crippen LogP contribution < -0.4 is 10.5 Å². The van der Waals surface area contributed by atoms with Crippen LogP contribution in [-0.2, 0) is 6.54 Å². The first-order valence-electron chi connectivity index (χ1n) is 7.60. The molecule has 1 fully saturated rings. The number of nitrogens with two attached hydrogens (primary N) is 1. The highest BCUT2D eigenvalue weighted by atomic mass is 35.5. The zero-order valence-electron chi connectivity index (χ0n) is 13.6. The average Bonchev–Trinajstić information content (AvgIpc) is 2.33. The number of hydrogen-bond acceptors (Lipinski definition) is 3. The van der Waals surface area contributed by atoms with Crippen LogP contribution in [0, 0.1) is 5.41 Å². The van der Waals surface area contributed by atoms with Gasteiger partial charge in [-0.2, -0.15) is 0 Å². The molecule has 4 heteroatoms. The van der Waals surface area contributed by atoms with Gasteiger partial charge in [0, 0.05) is 25.7 Å². The monoisotopic (exact) mass is 312 g/mol. The molecule has 0 bridgehead atoms. The molecule has 1 atom stereocenters. The maximum Gasteiger partial charge on any atom is 0.120 e. The second-order valence-electron chi connectivity index (χ2n) is 6.91. The van der Waals surface area contributed by atoms with Gasteiger partial charge in [0.15, 0.2) is 0 Å². The molecule has 120 valence electrons. The van der Waals surface area contributed by atoms with Crippen molar-refractivity contribution in [1.29, 1.82) is 0 Å². The van der Waals surface area contributed by atoms with Gasteiger partial charge in [-0.15, -0.1) is 12.4 Å². The Bertz CT molecular complexity index is 448. The van der Waals surface area contributed by atoms with Crippen LogP contribution in [0.5, 0.6) is 5.75 Å². The highest BCUT2D eigenvalue weighted by molar-refractivity contribution is 5.85. The topological polar surface area (TPSA) is 38.5 Å². The van der Waals surface area contributed by atoms with Crippen LogP contribution in [-0.4, -0.2) is 30.1 Å². The van der Waals surface area contributed by atoms with E-state index in [9.17, 15) is 0 Å². The van der Waals surface area contributed by atoms with Crippen molar-refractivity contribution >= 4 is 12.4 Å². The van der Waals surface area contributed by atoms with E-state index < -0.39 is 0 Å². The van der Waals surface area contributed by atoms with Crippen molar-refractivity contribution in [3.63, 3.8) is 0 Å². The van der Waals surface area contributed by atoms with Gasteiger partial charge in [0.2, 0.25) is 0 Å². The summed E-state index contributed by atoms with van der Waals surface area (Å²) in [6.07, 6.45) is 1.30. The van der Waals surface area contributed by atoms with Crippen molar-refractivity contribution in [2.75, 3.05) is 13.1 Å². The smallest absolute Gasteiger partial charge is 0.120 e. The maximum atomic E-state index is 6.20. The summed E-state index contributed by atoms with van der Waals surface area (Å²) in [5, 5.41) is 0. The van der Waals surface area contributed by atoms with E-state index in [0.717, 1.165) is 31.8 Å². The van der Waals surface area contributed by atoms with Crippen LogP contribution in [0.4, 0.5) is 0 Å². The molecule has 1 aliphatic rings. The standard InChI is InChI=1S/C17H28N2O.ClH/c1-13(2)20-15-7-5-6-14(10-15)11-19-9-8-16(18)17(3,4)12-19;/h5-7,10,13,16H,8-9,11-12,18H2,1-4H3;1H. The first-order valence-corrected chi connectivity index (χ1v) is 7.60. The second kappa shape index (κ2) is 7.48. The average molecular weight is 313 g/mol. The fraction of sp³-hybridized carbons (Fsp3) is 0.647. The number of ether oxygens (including phenoxy) is 1. The lowest BCUT2D eigenvalue weighted by atomic mass is 9.79. The van der Waals surface area contributed by atoms with E-state index in [-0.39, 0.29) is 23.9 Å². The zero-order chi connectivity index (χ0) is 14.8. The molecule has 2 rings (SSSR count). The van der Waals surface area contributed by atoms with Gasteiger partial charge in [0.25, 0.3) is 0 Å². The highest BCUT2D eigenvalue weighted by Gasteiger charge is 2.33. The summed E-state index contributed by atoms with van der Waals surface area (Å²) >= 11 is 0. The molecule has 3 nitrogen and oxygen atoms in total. The summed E-state index contributed by atoms with van der Waals surface area (Å²) in [7, 11) is 0. The number of likely N-dealkylation sites (tertiary alicyclic amines) is 1. The van der Waals surface area contributed by atoms with Crippen LogP contribution in [0.15, 0.2) is 24.3 Å². The van der Waals surface area contributed by atoms with Crippen molar-refractivity contribution in [2.24, 2.45) is 11.1 Å². The van der Waals surface area contributed by atoms with Crippen LogP contribution in [0.1, 0.15) is 39.7 Å². The fourth-order valence-electron chi connectivity index (χ4n) is 2.87. The molecule has 1 heterocycles. The highest BCUT2D eigenvalue weighted by Crippen LogP contribution is 2.29. The largest absolute Gasteiger partial charge is 0.491 e. The van der Waals surface area contributed by atoms with Gasteiger partial charge in [0.1, 0.15) is 5.75 Å². The van der Waals surface area contributed by atoms with E-state index in [1.807, 2.05) is 6.07 Å². The Morgan fingerprint density at radius 3 is 2.71 bits per heavy atom. The Balaban J connectivity index is 0.00000220. The second-order valence-corrected chi connectivity index (χ2v) is 6.91. The molecule has 0 saturated carbocycles. The predicted octanol–water partition coefficient (Wildman–Crippen LogP) is 3.45. The van der Waals surface area contributed by atoms with Gasteiger partial charge in [0.05, 0.1) is 6.10 Å². The third-order valence-electron chi connectivity index (χ3n) is 4.07. The van der Waals surface area contributed by atoms with Crippen LogP contribution >= 0.6 is 12.4 Å². The lowest BCUT2D eigenvalue weighted by molar-refractivity contribution is 0.0898. The molecule has 1 saturated heterocycles. The van der Waals surface area contributed by atoms with Gasteiger partial charge in [-0.1, -0.05) is 26.0 Å². The van der Waals surface area contributed by atoms with E-state index in [4.69, 9.17) is 10.5 Å². The maximum absolute atomic E-state index is 6.20. The SMILES string of the molecule is CC(C)Oc1cccc(CN2CCC(N)C(C)(C)C2)c1.Cl. The van der Waals surface area contributed by atoms with Gasteiger partial charge < -0.3 is 10.5 Å². The lowest BCUT2D eigenvalue weighted by Crippen LogP contribution is -2.52. The minimum Gasteiger partial charge on any atom is -0.491 e. The molecule has 0 amide bonds. The number of rotatable bonds is 4. The van der Waals surface area contributed by atoms with E-state index in [2.05, 4.69) is 50.8 Å². The Kier molecular flexibility index (Phi) is 6.51. The molecule has 1 aromatic carbocycles. The van der Waals surface area contributed by atoms with E-state index in [0.29, 0.717) is 6.04 Å². The van der Waals surface area contributed by atoms with Gasteiger partial charge >= 0.3 is 0 Å². The summed E-state index contributed by atoms with van der Waals surface area (Å²) in [4.78, 5) is 2.50. The number of benzene rings is 1. The first-order chi connectivity index (χ1) is 9.37. The minimum absolute atomic E-state index is 0. The van der Waals surface area contributed by atoms with Crippen LogP contribution in [0.25, 0.3) is 0 Å². The third-order valence-corrected chi connectivity index (χ3v) is 4.07. The summed E-state index contributed by atoms with van der Waals surface area (Å²) < 4.78 is 5.76. The van der Waals surface area contributed by atoms with Crippen molar-refractivity contribution in [2.45, 2.75) is 52.8 Å². The zero-order valence-corrected chi connectivity index (χ0v) is 14.5. The number of halogens is 1. The first kappa shape index (κ1) is 18.3. The normalized spacial score (nSPS) is 21.9.